The van der Waals surface area contributed by atoms with Crippen molar-refractivity contribution in [1.29, 1.82) is 0 Å². The van der Waals surface area contributed by atoms with Gasteiger partial charge in [0.15, 0.2) is 0 Å². The minimum atomic E-state index is -0.186. The Labute approximate surface area is 106 Å². The number of amides is 2. The Balaban J connectivity index is 2.83. The molecule has 0 fully saturated rings. The monoisotopic (exact) mass is 304 g/mol. The van der Waals surface area contributed by atoms with Crippen LogP contribution in [0.3, 0.4) is 0 Å². The maximum Gasteiger partial charge on any atom is 0.235 e. The largest absolute Gasteiger partial charge is 0.326 e. The zero-order chi connectivity index (χ0) is 12.1. The third-order valence-electron chi connectivity index (χ3n) is 1.68. The maximum absolute atomic E-state index is 11.1. The first-order valence-corrected chi connectivity index (χ1v) is 5.96. The molecule has 0 spiro atoms. The Hall–Kier alpha value is -1.07. The van der Waals surface area contributed by atoms with Crippen LogP contribution in [-0.4, -0.2) is 17.1 Å². The van der Waals surface area contributed by atoms with Crippen molar-refractivity contribution in [2.75, 3.05) is 16.0 Å². The normalized spacial score (nSPS) is 9.69. The van der Waals surface area contributed by atoms with Crippen molar-refractivity contribution >= 4 is 50.7 Å². The third-order valence-corrected chi connectivity index (χ3v) is 2.51. The fraction of sp³-hybridized carbons (Fsp3) is 0.200. The topological polar surface area (TPSA) is 58.2 Å². The smallest absolute Gasteiger partial charge is 0.235 e. The minimum absolute atomic E-state index is 0.173. The Morgan fingerprint density at radius 2 is 2.06 bits per heavy atom. The van der Waals surface area contributed by atoms with Crippen LogP contribution in [0.5, 0.6) is 0 Å². The number of anilines is 2. The van der Waals surface area contributed by atoms with E-state index < -0.39 is 0 Å². The zero-order valence-corrected chi connectivity index (χ0v) is 10.9. The Morgan fingerprint density at radius 1 is 1.38 bits per heavy atom. The summed E-state index contributed by atoms with van der Waals surface area (Å²) in [6, 6.07) is 4.87. The second-order valence-corrected chi connectivity index (χ2v) is 4.03. The fourth-order valence-electron chi connectivity index (χ4n) is 1.08. The van der Waals surface area contributed by atoms with Gasteiger partial charge in [-0.25, -0.2) is 0 Å². The van der Waals surface area contributed by atoms with Gasteiger partial charge in [-0.05, 0) is 18.2 Å². The van der Waals surface area contributed by atoms with Crippen LogP contribution >= 0.6 is 27.5 Å². The first-order valence-electron chi connectivity index (χ1n) is 4.46. The molecule has 2 N–H and O–H groups in total. The highest BCUT2D eigenvalue weighted by atomic mass is 79.9. The molecule has 2 amide bonds. The highest BCUT2D eigenvalue weighted by Crippen LogP contribution is 2.25. The molecular weight excluding hydrogens is 295 g/mol. The molecule has 0 radical (unpaired) electrons. The van der Waals surface area contributed by atoms with E-state index in [0.29, 0.717) is 16.4 Å². The molecule has 1 aromatic rings. The van der Waals surface area contributed by atoms with Gasteiger partial charge in [0.2, 0.25) is 11.8 Å². The number of benzene rings is 1. The molecule has 0 bridgehead atoms. The maximum atomic E-state index is 11.1. The second kappa shape index (κ2) is 5.86. The molecule has 0 aliphatic heterocycles. The Bertz CT molecular complexity index is 423. The molecule has 0 aromatic heterocycles. The molecule has 86 valence electrons. The lowest BCUT2D eigenvalue weighted by Gasteiger charge is -2.08. The van der Waals surface area contributed by atoms with Crippen molar-refractivity contribution in [3.05, 3.63) is 23.2 Å². The Morgan fingerprint density at radius 3 is 2.56 bits per heavy atom. The van der Waals surface area contributed by atoms with E-state index in [9.17, 15) is 9.59 Å². The first kappa shape index (κ1) is 13.0. The summed E-state index contributed by atoms with van der Waals surface area (Å²) in [5.41, 5.74) is 1.11. The number of carbonyl (C=O) groups is 2. The summed E-state index contributed by atoms with van der Waals surface area (Å²) in [4.78, 5) is 21.9. The highest BCUT2D eigenvalue weighted by molar-refractivity contribution is 9.09. The predicted octanol–water partition coefficient (Wildman–Crippen LogP) is 2.63. The van der Waals surface area contributed by atoms with E-state index in [1.54, 1.807) is 18.2 Å². The summed E-state index contributed by atoms with van der Waals surface area (Å²) in [5.74, 6) is -0.359. The van der Waals surface area contributed by atoms with Crippen molar-refractivity contribution in [3.8, 4) is 0 Å². The summed E-state index contributed by atoms with van der Waals surface area (Å²) < 4.78 is 0. The number of halogens is 2. The average molecular weight is 306 g/mol. The fourth-order valence-corrected chi connectivity index (χ4v) is 1.45. The lowest BCUT2D eigenvalue weighted by molar-refractivity contribution is -0.114. The van der Waals surface area contributed by atoms with Gasteiger partial charge in [-0.1, -0.05) is 27.5 Å². The van der Waals surface area contributed by atoms with Crippen molar-refractivity contribution in [1.82, 2.24) is 0 Å². The van der Waals surface area contributed by atoms with Gasteiger partial charge in [0.05, 0.1) is 16.0 Å². The summed E-state index contributed by atoms with van der Waals surface area (Å²) in [5, 5.41) is 5.79. The van der Waals surface area contributed by atoms with Gasteiger partial charge in [0, 0.05) is 12.6 Å². The quantitative estimate of drug-likeness (QED) is 0.843. The van der Waals surface area contributed by atoms with Gasteiger partial charge in [-0.3, -0.25) is 9.59 Å². The summed E-state index contributed by atoms with van der Waals surface area (Å²) in [7, 11) is 0. The van der Waals surface area contributed by atoms with Crippen LogP contribution < -0.4 is 10.6 Å². The number of alkyl halides is 1. The predicted molar refractivity (Wildman–Crippen MR) is 68.2 cm³/mol. The van der Waals surface area contributed by atoms with E-state index in [1.165, 1.54) is 6.92 Å². The highest BCUT2D eigenvalue weighted by Gasteiger charge is 2.05. The summed E-state index contributed by atoms with van der Waals surface area (Å²) >= 11 is 8.96. The molecule has 0 heterocycles. The van der Waals surface area contributed by atoms with Gasteiger partial charge < -0.3 is 10.6 Å². The van der Waals surface area contributed by atoms with Crippen LogP contribution in [0.15, 0.2) is 18.2 Å². The number of hydrogen-bond acceptors (Lipinski definition) is 2. The molecule has 0 saturated carbocycles. The van der Waals surface area contributed by atoms with Gasteiger partial charge in [-0.15, -0.1) is 0 Å². The summed E-state index contributed by atoms with van der Waals surface area (Å²) in [6.07, 6.45) is 0. The van der Waals surface area contributed by atoms with Gasteiger partial charge in [-0.2, -0.15) is 0 Å². The lowest BCUT2D eigenvalue weighted by Crippen LogP contribution is -2.13. The van der Waals surface area contributed by atoms with E-state index in [0.717, 1.165) is 0 Å². The average Bonchev–Trinajstić information content (AvgIpc) is 2.21. The summed E-state index contributed by atoms with van der Waals surface area (Å²) in [6.45, 7) is 1.41. The van der Waals surface area contributed by atoms with Crippen LogP contribution in [0, 0.1) is 0 Å². The standard InChI is InChI=1S/C10H10BrClN2O2/c1-6(15)13-7-2-3-9(8(12)4-7)14-10(16)5-11/h2-4H,5H2,1H3,(H,13,15)(H,14,16). The van der Waals surface area contributed by atoms with Crippen LogP contribution in [0.2, 0.25) is 5.02 Å². The molecule has 0 atom stereocenters. The van der Waals surface area contributed by atoms with Crippen molar-refractivity contribution in [2.45, 2.75) is 6.92 Å². The van der Waals surface area contributed by atoms with E-state index in [1.807, 2.05) is 0 Å². The molecule has 1 aromatic carbocycles. The molecule has 6 heteroatoms. The lowest BCUT2D eigenvalue weighted by atomic mass is 10.2. The molecule has 0 saturated heterocycles. The van der Waals surface area contributed by atoms with E-state index in [-0.39, 0.29) is 17.1 Å². The molecule has 0 aliphatic carbocycles. The Kier molecular flexibility index (Phi) is 4.76. The number of rotatable bonds is 3. The van der Waals surface area contributed by atoms with Crippen LogP contribution in [0.1, 0.15) is 6.92 Å². The van der Waals surface area contributed by atoms with E-state index >= 15 is 0 Å². The second-order valence-electron chi connectivity index (χ2n) is 3.06. The number of carbonyl (C=O) groups excluding carboxylic acids is 2. The van der Waals surface area contributed by atoms with Crippen LogP contribution in [0.4, 0.5) is 11.4 Å². The van der Waals surface area contributed by atoms with Crippen LogP contribution in [0.25, 0.3) is 0 Å². The van der Waals surface area contributed by atoms with Gasteiger partial charge in [0.1, 0.15) is 0 Å². The van der Waals surface area contributed by atoms with Crippen LogP contribution in [-0.2, 0) is 9.59 Å². The first-order chi connectivity index (χ1) is 7.52. The van der Waals surface area contributed by atoms with E-state index in [2.05, 4.69) is 26.6 Å². The molecule has 0 aliphatic rings. The number of nitrogens with one attached hydrogen (secondary N) is 2. The molecule has 0 unspecified atom stereocenters. The third kappa shape index (κ3) is 3.83. The SMILES string of the molecule is CC(=O)Nc1ccc(NC(=O)CBr)c(Cl)c1. The van der Waals surface area contributed by atoms with Gasteiger partial charge in [0.25, 0.3) is 0 Å². The molecular formula is C10H10BrClN2O2. The van der Waals surface area contributed by atoms with Crippen molar-refractivity contribution < 1.29 is 9.59 Å². The molecule has 1 rings (SSSR count). The minimum Gasteiger partial charge on any atom is -0.326 e. The molecule has 16 heavy (non-hydrogen) atoms. The molecule has 4 nitrogen and oxygen atoms in total. The zero-order valence-electron chi connectivity index (χ0n) is 8.51. The number of hydrogen-bond donors (Lipinski definition) is 2. The van der Waals surface area contributed by atoms with Gasteiger partial charge >= 0.3 is 0 Å². The van der Waals surface area contributed by atoms with Crippen molar-refractivity contribution in [2.24, 2.45) is 0 Å². The van der Waals surface area contributed by atoms with E-state index in [4.69, 9.17) is 11.6 Å². The van der Waals surface area contributed by atoms with Crippen molar-refractivity contribution in [3.63, 3.8) is 0 Å².